The van der Waals surface area contributed by atoms with Gasteiger partial charge in [0.1, 0.15) is 0 Å². The summed E-state index contributed by atoms with van der Waals surface area (Å²) in [5, 5.41) is 3.40. The Hall–Kier alpha value is 0.210. The van der Waals surface area contributed by atoms with Crippen LogP contribution >= 0.6 is 12.4 Å². The molecular weight excluding hydrogens is 174 g/mol. The molecule has 0 aromatic heterocycles. The third kappa shape index (κ3) is 6.89. The SMILES string of the molecule is CC(C)(C)OCCNC1CC1.Cl. The Bertz CT molecular complexity index is 118. The van der Waals surface area contributed by atoms with Crippen LogP contribution in [-0.2, 0) is 4.74 Å². The van der Waals surface area contributed by atoms with Crippen molar-refractivity contribution in [2.75, 3.05) is 13.2 Å². The van der Waals surface area contributed by atoms with Gasteiger partial charge in [0, 0.05) is 12.6 Å². The van der Waals surface area contributed by atoms with Crippen LogP contribution in [0.5, 0.6) is 0 Å². The van der Waals surface area contributed by atoms with Crippen LogP contribution < -0.4 is 5.32 Å². The first-order chi connectivity index (χ1) is 5.08. The van der Waals surface area contributed by atoms with Crippen LogP contribution in [0.15, 0.2) is 0 Å². The zero-order valence-electron chi connectivity index (χ0n) is 8.22. The zero-order valence-corrected chi connectivity index (χ0v) is 9.04. The molecule has 1 fully saturated rings. The highest BCUT2D eigenvalue weighted by Gasteiger charge is 2.20. The normalized spacial score (nSPS) is 17.2. The fraction of sp³-hybridized carbons (Fsp3) is 1.00. The van der Waals surface area contributed by atoms with Gasteiger partial charge in [-0.25, -0.2) is 0 Å². The number of ether oxygens (including phenoxy) is 1. The van der Waals surface area contributed by atoms with Gasteiger partial charge in [-0.1, -0.05) is 0 Å². The maximum atomic E-state index is 5.54. The van der Waals surface area contributed by atoms with Gasteiger partial charge in [-0.05, 0) is 33.6 Å². The minimum Gasteiger partial charge on any atom is -0.375 e. The molecule has 2 nitrogen and oxygen atoms in total. The lowest BCUT2D eigenvalue weighted by atomic mass is 10.2. The fourth-order valence-corrected chi connectivity index (χ4v) is 0.908. The first-order valence-corrected chi connectivity index (χ1v) is 4.45. The van der Waals surface area contributed by atoms with E-state index in [0.717, 1.165) is 19.2 Å². The summed E-state index contributed by atoms with van der Waals surface area (Å²) in [7, 11) is 0. The lowest BCUT2D eigenvalue weighted by Crippen LogP contribution is -2.27. The lowest BCUT2D eigenvalue weighted by Gasteiger charge is -2.19. The summed E-state index contributed by atoms with van der Waals surface area (Å²) in [6.45, 7) is 8.10. The highest BCUT2D eigenvalue weighted by molar-refractivity contribution is 5.85. The summed E-state index contributed by atoms with van der Waals surface area (Å²) in [5.74, 6) is 0. The summed E-state index contributed by atoms with van der Waals surface area (Å²) >= 11 is 0. The molecule has 1 aliphatic carbocycles. The molecule has 0 aliphatic heterocycles. The third-order valence-electron chi connectivity index (χ3n) is 1.65. The van der Waals surface area contributed by atoms with Gasteiger partial charge in [0.25, 0.3) is 0 Å². The van der Waals surface area contributed by atoms with E-state index in [-0.39, 0.29) is 18.0 Å². The summed E-state index contributed by atoms with van der Waals surface area (Å²) in [6.07, 6.45) is 2.71. The van der Waals surface area contributed by atoms with E-state index in [0.29, 0.717) is 0 Å². The van der Waals surface area contributed by atoms with Gasteiger partial charge in [0.2, 0.25) is 0 Å². The highest BCUT2D eigenvalue weighted by Crippen LogP contribution is 2.18. The second-order valence-corrected chi connectivity index (χ2v) is 4.19. The second-order valence-electron chi connectivity index (χ2n) is 4.19. The maximum absolute atomic E-state index is 5.54. The standard InChI is InChI=1S/C9H19NO.ClH/c1-9(2,3)11-7-6-10-8-4-5-8;/h8,10H,4-7H2,1-3H3;1H. The van der Waals surface area contributed by atoms with Crippen LogP contribution in [0.1, 0.15) is 33.6 Å². The van der Waals surface area contributed by atoms with E-state index in [1.165, 1.54) is 12.8 Å². The van der Waals surface area contributed by atoms with Gasteiger partial charge >= 0.3 is 0 Å². The zero-order chi connectivity index (χ0) is 8.32. The van der Waals surface area contributed by atoms with E-state index in [1.54, 1.807) is 0 Å². The quantitative estimate of drug-likeness (QED) is 0.690. The van der Waals surface area contributed by atoms with Crippen molar-refractivity contribution in [1.29, 1.82) is 0 Å². The Kier molecular flexibility index (Phi) is 5.14. The van der Waals surface area contributed by atoms with Gasteiger partial charge < -0.3 is 10.1 Å². The van der Waals surface area contributed by atoms with Gasteiger partial charge in [-0.2, -0.15) is 0 Å². The number of rotatable bonds is 4. The van der Waals surface area contributed by atoms with E-state index >= 15 is 0 Å². The van der Waals surface area contributed by atoms with Crippen LogP contribution in [0.2, 0.25) is 0 Å². The van der Waals surface area contributed by atoms with E-state index < -0.39 is 0 Å². The highest BCUT2D eigenvalue weighted by atomic mass is 35.5. The average molecular weight is 194 g/mol. The third-order valence-corrected chi connectivity index (χ3v) is 1.65. The van der Waals surface area contributed by atoms with Crippen molar-refractivity contribution in [3.05, 3.63) is 0 Å². The van der Waals surface area contributed by atoms with Gasteiger partial charge in [0.05, 0.1) is 12.2 Å². The van der Waals surface area contributed by atoms with Crippen molar-refractivity contribution in [2.45, 2.75) is 45.3 Å². The number of halogens is 1. The molecule has 0 bridgehead atoms. The number of hydrogen-bond acceptors (Lipinski definition) is 2. The van der Waals surface area contributed by atoms with E-state index in [9.17, 15) is 0 Å². The summed E-state index contributed by atoms with van der Waals surface area (Å²) in [5.41, 5.74) is 0.0191. The molecule has 12 heavy (non-hydrogen) atoms. The van der Waals surface area contributed by atoms with Crippen LogP contribution in [0.3, 0.4) is 0 Å². The van der Waals surface area contributed by atoms with Gasteiger partial charge in [0.15, 0.2) is 0 Å². The van der Waals surface area contributed by atoms with Gasteiger partial charge in [-0.15, -0.1) is 12.4 Å². The largest absolute Gasteiger partial charge is 0.375 e. The lowest BCUT2D eigenvalue weighted by molar-refractivity contribution is -0.000907. The molecule has 1 aliphatic rings. The molecule has 0 unspecified atom stereocenters. The van der Waals surface area contributed by atoms with Crippen molar-refractivity contribution >= 4 is 12.4 Å². The molecule has 1 N–H and O–H groups in total. The molecule has 0 atom stereocenters. The molecule has 0 spiro atoms. The first-order valence-electron chi connectivity index (χ1n) is 4.45. The molecule has 1 saturated carbocycles. The molecule has 1 rings (SSSR count). The van der Waals surface area contributed by atoms with Gasteiger partial charge in [-0.3, -0.25) is 0 Å². The van der Waals surface area contributed by atoms with Crippen LogP contribution in [-0.4, -0.2) is 24.8 Å². The summed E-state index contributed by atoms with van der Waals surface area (Å²) in [4.78, 5) is 0. The predicted octanol–water partition coefficient (Wildman–Crippen LogP) is 1.98. The first kappa shape index (κ1) is 12.2. The number of nitrogens with one attached hydrogen (secondary N) is 1. The summed E-state index contributed by atoms with van der Waals surface area (Å²) in [6, 6.07) is 0.804. The molecule has 3 heteroatoms. The Labute approximate surface area is 81.5 Å². The van der Waals surface area contributed by atoms with Crippen LogP contribution in [0.25, 0.3) is 0 Å². The minimum atomic E-state index is 0. The minimum absolute atomic E-state index is 0. The number of hydrogen-bond donors (Lipinski definition) is 1. The van der Waals surface area contributed by atoms with Crippen molar-refractivity contribution in [3.8, 4) is 0 Å². The Morgan fingerprint density at radius 3 is 2.33 bits per heavy atom. The van der Waals surface area contributed by atoms with E-state index in [2.05, 4.69) is 26.1 Å². The average Bonchev–Trinajstić information content (AvgIpc) is 2.60. The maximum Gasteiger partial charge on any atom is 0.0599 e. The monoisotopic (exact) mass is 193 g/mol. The molecule has 74 valence electrons. The van der Waals surface area contributed by atoms with Crippen molar-refractivity contribution in [2.24, 2.45) is 0 Å². The Morgan fingerprint density at radius 2 is 1.92 bits per heavy atom. The smallest absolute Gasteiger partial charge is 0.0599 e. The second kappa shape index (κ2) is 5.05. The fourth-order valence-electron chi connectivity index (χ4n) is 0.908. The molecular formula is C9H20ClNO. The van der Waals surface area contributed by atoms with Crippen molar-refractivity contribution in [3.63, 3.8) is 0 Å². The predicted molar refractivity (Wildman–Crippen MR) is 54.0 cm³/mol. The van der Waals surface area contributed by atoms with Crippen molar-refractivity contribution in [1.82, 2.24) is 5.32 Å². The van der Waals surface area contributed by atoms with Crippen LogP contribution in [0, 0.1) is 0 Å². The molecule has 0 saturated heterocycles. The van der Waals surface area contributed by atoms with E-state index in [4.69, 9.17) is 4.74 Å². The Morgan fingerprint density at radius 1 is 1.33 bits per heavy atom. The summed E-state index contributed by atoms with van der Waals surface area (Å²) < 4.78 is 5.54. The topological polar surface area (TPSA) is 21.3 Å². The Balaban J connectivity index is 0.00000121. The molecule has 0 radical (unpaired) electrons. The molecule has 0 heterocycles. The van der Waals surface area contributed by atoms with Crippen molar-refractivity contribution < 1.29 is 4.74 Å². The molecule has 0 aromatic carbocycles. The molecule has 0 amide bonds. The van der Waals surface area contributed by atoms with Crippen LogP contribution in [0.4, 0.5) is 0 Å². The van der Waals surface area contributed by atoms with E-state index in [1.807, 2.05) is 0 Å². The molecule has 0 aromatic rings.